The van der Waals surface area contributed by atoms with E-state index in [0.717, 1.165) is 16.2 Å². The standard InChI is InChI=1S/C16H8BrClFNOS2/c17-10-1-6-13(19)9(7-10)8-14-15(21)20(16(22)23-14)12-4-2-11(18)3-5-12/h1-8H. The van der Waals surface area contributed by atoms with Gasteiger partial charge in [-0.15, -0.1) is 0 Å². The molecule has 2 aromatic rings. The number of amides is 1. The summed E-state index contributed by atoms with van der Waals surface area (Å²) in [4.78, 5) is 14.4. The maximum atomic E-state index is 13.9. The van der Waals surface area contributed by atoms with Gasteiger partial charge in [0, 0.05) is 15.1 Å². The molecule has 0 aliphatic carbocycles. The van der Waals surface area contributed by atoms with Crippen LogP contribution in [0.15, 0.2) is 51.8 Å². The minimum Gasteiger partial charge on any atom is -0.268 e. The molecule has 0 unspecified atom stereocenters. The van der Waals surface area contributed by atoms with Gasteiger partial charge in [-0.25, -0.2) is 4.39 Å². The van der Waals surface area contributed by atoms with Gasteiger partial charge in [0.25, 0.3) is 5.91 Å². The highest BCUT2D eigenvalue weighted by Gasteiger charge is 2.33. The van der Waals surface area contributed by atoms with Gasteiger partial charge in [0.15, 0.2) is 4.32 Å². The van der Waals surface area contributed by atoms with Crippen LogP contribution in [0.25, 0.3) is 6.08 Å². The molecule has 2 nitrogen and oxygen atoms in total. The Balaban J connectivity index is 1.96. The zero-order chi connectivity index (χ0) is 16.6. The fourth-order valence-electron chi connectivity index (χ4n) is 2.05. The van der Waals surface area contributed by atoms with Crippen molar-refractivity contribution in [1.29, 1.82) is 0 Å². The van der Waals surface area contributed by atoms with E-state index in [1.54, 1.807) is 36.4 Å². The summed E-state index contributed by atoms with van der Waals surface area (Å²) in [5.74, 6) is -0.674. The minimum atomic E-state index is -0.398. The monoisotopic (exact) mass is 427 g/mol. The molecule has 2 aromatic carbocycles. The second-order valence-corrected chi connectivity index (χ2v) is 7.69. The summed E-state index contributed by atoms with van der Waals surface area (Å²) in [6.07, 6.45) is 1.51. The number of thioether (sulfide) groups is 1. The van der Waals surface area contributed by atoms with Crippen LogP contribution in [0.2, 0.25) is 5.02 Å². The molecular weight excluding hydrogens is 421 g/mol. The van der Waals surface area contributed by atoms with Gasteiger partial charge >= 0.3 is 0 Å². The summed E-state index contributed by atoms with van der Waals surface area (Å²) in [6, 6.07) is 11.4. The van der Waals surface area contributed by atoms with Gasteiger partial charge in [-0.2, -0.15) is 0 Å². The molecule has 0 N–H and O–H groups in total. The van der Waals surface area contributed by atoms with Crippen LogP contribution >= 0.6 is 51.5 Å². The number of benzene rings is 2. The lowest BCUT2D eigenvalue weighted by molar-refractivity contribution is -0.113. The van der Waals surface area contributed by atoms with Gasteiger partial charge in [-0.05, 0) is 48.5 Å². The zero-order valence-electron chi connectivity index (χ0n) is 11.4. The summed E-state index contributed by atoms with van der Waals surface area (Å²) in [7, 11) is 0. The number of carbonyl (C=O) groups excluding carboxylic acids is 1. The number of anilines is 1. The van der Waals surface area contributed by atoms with E-state index in [9.17, 15) is 9.18 Å². The summed E-state index contributed by atoms with van der Waals surface area (Å²) in [5.41, 5.74) is 0.964. The molecule has 1 aliphatic rings. The molecule has 1 heterocycles. The van der Waals surface area contributed by atoms with Crippen molar-refractivity contribution in [3.05, 3.63) is 68.2 Å². The van der Waals surface area contributed by atoms with E-state index in [1.165, 1.54) is 17.0 Å². The Morgan fingerprint density at radius 2 is 1.91 bits per heavy atom. The predicted octanol–water partition coefficient (Wildman–Crippen LogP) is 5.65. The quantitative estimate of drug-likeness (QED) is 0.455. The molecule has 23 heavy (non-hydrogen) atoms. The third-order valence-corrected chi connectivity index (χ3v) is 5.17. The topological polar surface area (TPSA) is 20.3 Å². The molecule has 1 fully saturated rings. The van der Waals surface area contributed by atoms with Crippen LogP contribution in [0.3, 0.4) is 0 Å². The van der Waals surface area contributed by atoms with Crippen LogP contribution in [0, 0.1) is 5.82 Å². The smallest absolute Gasteiger partial charge is 0.268 e. The number of nitrogens with zero attached hydrogens (tertiary/aromatic N) is 1. The Morgan fingerprint density at radius 1 is 1.22 bits per heavy atom. The normalized spacial score (nSPS) is 16.5. The van der Waals surface area contributed by atoms with Crippen molar-refractivity contribution in [2.24, 2.45) is 0 Å². The summed E-state index contributed by atoms with van der Waals surface area (Å²) >= 11 is 15.6. The first kappa shape index (κ1) is 16.6. The molecule has 116 valence electrons. The van der Waals surface area contributed by atoms with Crippen LogP contribution in [0.5, 0.6) is 0 Å². The molecule has 0 aromatic heterocycles. The van der Waals surface area contributed by atoms with Crippen molar-refractivity contribution in [1.82, 2.24) is 0 Å². The first-order chi connectivity index (χ1) is 11.0. The molecule has 0 radical (unpaired) electrons. The number of hydrogen-bond donors (Lipinski definition) is 0. The van der Waals surface area contributed by atoms with E-state index in [-0.39, 0.29) is 5.91 Å². The lowest BCUT2D eigenvalue weighted by Crippen LogP contribution is -2.27. The molecule has 0 atom stereocenters. The van der Waals surface area contributed by atoms with Crippen LogP contribution in [-0.4, -0.2) is 10.2 Å². The molecule has 0 spiro atoms. The molecule has 1 saturated heterocycles. The van der Waals surface area contributed by atoms with Gasteiger partial charge in [0.2, 0.25) is 0 Å². The Hall–Kier alpha value is -1.21. The maximum Gasteiger partial charge on any atom is 0.270 e. The van der Waals surface area contributed by atoms with E-state index >= 15 is 0 Å². The largest absolute Gasteiger partial charge is 0.270 e. The molecule has 1 amide bonds. The van der Waals surface area contributed by atoms with E-state index < -0.39 is 5.82 Å². The Labute approximate surface area is 155 Å². The third-order valence-electron chi connectivity index (χ3n) is 3.12. The SMILES string of the molecule is O=C1C(=Cc2cc(Br)ccc2F)SC(=S)N1c1ccc(Cl)cc1. The number of hydrogen-bond acceptors (Lipinski definition) is 3. The second-order valence-electron chi connectivity index (χ2n) is 4.66. The maximum absolute atomic E-state index is 13.9. The van der Waals surface area contributed by atoms with Crippen LogP contribution in [0.1, 0.15) is 5.56 Å². The van der Waals surface area contributed by atoms with Crippen molar-refractivity contribution in [3.8, 4) is 0 Å². The van der Waals surface area contributed by atoms with Gasteiger partial charge < -0.3 is 0 Å². The number of carbonyl (C=O) groups is 1. The minimum absolute atomic E-state index is 0.276. The van der Waals surface area contributed by atoms with Crippen molar-refractivity contribution in [2.75, 3.05) is 4.90 Å². The van der Waals surface area contributed by atoms with Gasteiger partial charge in [0.1, 0.15) is 5.82 Å². The highest BCUT2D eigenvalue weighted by atomic mass is 79.9. The summed E-state index contributed by atoms with van der Waals surface area (Å²) in [6.45, 7) is 0. The lowest BCUT2D eigenvalue weighted by atomic mass is 10.2. The third kappa shape index (κ3) is 3.50. The molecule has 1 aliphatic heterocycles. The van der Waals surface area contributed by atoms with Gasteiger partial charge in [0.05, 0.1) is 10.6 Å². The van der Waals surface area contributed by atoms with Crippen molar-refractivity contribution < 1.29 is 9.18 Å². The molecule has 3 rings (SSSR count). The van der Waals surface area contributed by atoms with Gasteiger partial charge in [-0.1, -0.05) is 51.5 Å². The molecular formula is C16H8BrClFNOS2. The highest BCUT2D eigenvalue weighted by molar-refractivity contribution is 9.10. The van der Waals surface area contributed by atoms with Crippen LogP contribution in [-0.2, 0) is 4.79 Å². The first-order valence-corrected chi connectivity index (χ1v) is 8.84. The van der Waals surface area contributed by atoms with E-state index in [1.807, 2.05) is 0 Å². The van der Waals surface area contributed by atoms with E-state index in [2.05, 4.69) is 15.9 Å². The average molecular weight is 429 g/mol. The number of thiocarbonyl (C=S) groups is 1. The van der Waals surface area contributed by atoms with Gasteiger partial charge in [-0.3, -0.25) is 9.69 Å². The second kappa shape index (κ2) is 6.73. The number of rotatable bonds is 2. The van der Waals surface area contributed by atoms with Crippen molar-refractivity contribution in [2.45, 2.75) is 0 Å². The van der Waals surface area contributed by atoms with Crippen LogP contribution in [0.4, 0.5) is 10.1 Å². The summed E-state index contributed by atoms with van der Waals surface area (Å²) in [5, 5.41) is 0.575. The fraction of sp³-hybridized carbons (Fsp3) is 0. The van der Waals surface area contributed by atoms with Crippen LogP contribution < -0.4 is 4.90 Å². The Bertz CT molecular complexity index is 838. The van der Waals surface area contributed by atoms with Crippen molar-refractivity contribution >= 4 is 73.5 Å². The Morgan fingerprint density at radius 3 is 2.61 bits per heavy atom. The van der Waals surface area contributed by atoms with E-state index in [4.69, 9.17) is 23.8 Å². The Kier molecular flexibility index (Phi) is 4.87. The van der Waals surface area contributed by atoms with E-state index in [0.29, 0.717) is 25.5 Å². The zero-order valence-corrected chi connectivity index (χ0v) is 15.4. The highest BCUT2D eigenvalue weighted by Crippen LogP contribution is 2.36. The lowest BCUT2D eigenvalue weighted by Gasteiger charge is -2.14. The van der Waals surface area contributed by atoms with Crippen molar-refractivity contribution in [3.63, 3.8) is 0 Å². The average Bonchev–Trinajstić information content (AvgIpc) is 2.79. The fourth-order valence-corrected chi connectivity index (χ4v) is 3.84. The molecule has 7 heteroatoms. The number of halogens is 3. The summed E-state index contributed by atoms with van der Waals surface area (Å²) < 4.78 is 15.0. The molecule has 0 saturated carbocycles. The molecule has 0 bridgehead atoms. The first-order valence-electron chi connectivity index (χ1n) is 6.44. The predicted molar refractivity (Wildman–Crippen MR) is 101 cm³/mol.